The van der Waals surface area contributed by atoms with E-state index in [0.717, 1.165) is 16.7 Å². The highest BCUT2D eigenvalue weighted by Gasteiger charge is 2.31. The van der Waals surface area contributed by atoms with Gasteiger partial charge in [-0.25, -0.2) is 4.79 Å². The summed E-state index contributed by atoms with van der Waals surface area (Å²) in [6.07, 6.45) is 1.99. The van der Waals surface area contributed by atoms with Gasteiger partial charge in [-0.15, -0.1) is 0 Å². The predicted octanol–water partition coefficient (Wildman–Crippen LogP) is 2.89. The van der Waals surface area contributed by atoms with E-state index in [-0.39, 0.29) is 12.2 Å². The smallest absolute Gasteiger partial charge is 0.339 e. The number of nitrogens with zero attached hydrogens (tertiary/aromatic N) is 1. The van der Waals surface area contributed by atoms with E-state index in [4.69, 9.17) is 4.74 Å². The third kappa shape index (κ3) is 4.33. The van der Waals surface area contributed by atoms with Gasteiger partial charge >= 0.3 is 5.97 Å². The van der Waals surface area contributed by atoms with E-state index in [2.05, 4.69) is 11.8 Å². The molecule has 150 valence electrons. The van der Waals surface area contributed by atoms with Crippen LogP contribution in [0, 0.1) is 18.8 Å². The van der Waals surface area contributed by atoms with Gasteiger partial charge in [-0.05, 0) is 38.8 Å². The van der Waals surface area contributed by atoms with Crippen molar-refractivity contribution < 1.29 is 14.6 Å². The Hall–Kier alpha value is -3.10. The second-order valence-corrected chi connectivity index (χ2v) is 7.96. The van der Waals surface area contributed by atoms with Crippen molar-refractivity contribution in [1.29, 1.82) is 0 Å². The molecule has 0 saturated carbocycles. The molecule has 0 unspecified atom stereocenters. The van der Waals surface area contributed by atoms with Gasteiger partial charge < -0.3 is 14.4 Å². The molecule has 29 heavy (non-hydrogen) atoms. The highest BCUT2D eigenvalue weighted by Crippen LogP contribution is 2.34. The van der Waals surface area contributed by atoms with E-state index < -0.39 is 11.6 Å². The summed E-state index contributed by atoms with van der Waals surface area (Å²) in [6.45, 7) is 7.12. The van der Waals surface area contributed by atoms with Crippen molar-refractivity contribution >= 4 is 11.5 Å². The topological polar surface area (TPSA) is 68.5 Å². The Morgan fingerprint density at radius 2 is 1.97 bits per heavy atom. The van der Waals surface area contributed by atoms with E-state index in [0.29, 0.717) is 28.7 Å². The monoisotopic (exact) mass is 391 g/mol. The van der Waals surface area contributed by atoms with Crippen LogP contribution in [0.15, 0.2) is 40.8 Å². The van der Waals surface area contributed by atoms with Crippen LogP contribution in [0.4, 0.5) is 0 Å². The first-order valence-corrected chi connectivity index (χ1v) is 9.48. The Morgan fingerprint density at radius 1 is 1.28 bits per heavy atom. The standard InChI is InChI=1S/C24H25NO4/c1-15-8-6-7-9-18(15)14-29-23(27)20-16(2)12-19-21(20)17(10-11-24(3,4)28)13-25(5)22(19)26/h6-9,13,28H,12,14H2,1-5H3. The molecule has 0 fully saturated rings. The van der Waals surface area contributed by atoms with Crippen molar-refractivity contribution in [3.8, 4) is 11.8 Å². The molecule has 2 aromatic rings. The lowest BCUT2D eigenvalue weighted by molar-refractivity contribution is -0.137. The number of pyridine rings is 1. The maximum atomic E-state index is 13.0. The minimum Gasteiger partial charge on any atom is -0.457 e. The lowest BCUT2D eigenvalue weighted by Gasteiger charge is -2.12. The minimum atomic E-state index is -1.19. The summed E-state index contributed by atoms with van der Waals surface area (Å²) >= 11 is 0. The Labute approximate surface area is 170 Å². The fraction of sp³-hybridized carbons (Fsp3) is 0.333. The molecule has 1 N–H and O–H groups in total. The molecule has 0 atom stereocenters. The number of aliphatic hydroxyl groups is 1. The molecular weight excluding hydrogens is 366 g/mol. The first kappa shape index (κ1) is 20.6. The van der Waals surface area contributed by atoms with E-state index in [1.54, 1.807) is 27.1 Å². The molecular formula is C24H25NO4. The van der Waals surface area contributed by atoms with Gasteiger partial charge in [0.15, 0.2) is 0 Å². The van der Waals surface area contributed by atoms with Gasteiger partial charge in [0.25, 0.3) is 5.56 Å². The van der Waals surface area contributed by atoms with E-state index >= 15 is 0 Å². The highest BCUT2D eigenvalue weighted by molar-refractivity contribution is 6.19. The number of rotatable bonds is 3. The number of carbonyl (C=O) groups excluding carboxylic acids is 1. The van der Waals surface area contributed by atoms with Crippen LogP contribution in [0.1, 0.15) is 48.6 Å². The van der Waals surface area contributed by atoms with Gasteiger partial charge in [0.1, 0.15) is 12.2 Å². The zero-order valence-corrected chi connectivity index (χ0v) is 17.4. The molecule has 1 aliphatic rings. The van der Waals surface area contributed by atoms with Gasteiger partial charge in [0.05, 0.1) is 5.57 Å². The quantitative estimate of drug-likeness (QED) is 0.645. The summed E-state index contributed by atoms with van der Waals surface area (Å²) in [4.78, 5) is 25.6. The molecule has 3 rings (SSSR count). The molecule has 1 aromatic heterocycles. The van der Waals surface area contributed by atoms with Crippen molar-refractivity contribution in [3.63, 3.8) is 0 Å². The summed E-state index contributed by atoms with van der Waals surface area (Å²) in [5, 5.41) is 9.97. The Bertz CT molecular complexity index is 1130. The number of aromatic nitrogens is 1. The summed E-state index contributed by atoms with van der Waals surface area (Å²) in [7, 11) is 1.65. The van der Waals surface area contributed by atoms with Gasteiger partial charge in [0.2, 0.25) is 0 Å². The molecule has 0 aliphatic heterocycles. The number of esters is 1. The fourth-order valence-electron chi connectivity index (χ4n) is 3.39. The van der Waals surface area contributed by atoms with Crippen LogP contribution in [0.25, 0.3) is 5.57 Å². The third-order valence-corrected chi connectivity index (χ3v) is 4.92. The van der Waals surface area contributed by atoms with Crippen LogP contribution in [0.3, 0.4) is 0 Å². The third-order valence-electron chi connectivity index (χ3n) is 4.92. The Morgan fingerprint density at radius 3 is 2.62 bits per heavy atom. The van der Waals surface area contributed by atoms with Crippen LogP contribution in [0.5, 0.6) is 0 Å². The first-order valence-electron chi connectivity index (χ1n) is 9.48. The summed E-state index contributed by atoms with van der Waals surface area (Å²) in [5.74, 6) is 5.24. The SMILES string of the molecule is CC1=C(C(=O)OCc2ccccc2C)c2c(C#CC(C)(C)O)cn(C)c(=O)c2C1. The molecule has 0 bridgehead atoms. The maximum absolute atomic E-state index is 13.0. The lowest BCUT2D eigenvalue weighted by Crippen LogP contribution is -2.23. The molecule has 1 aromatic carbocycles. The number of hydrogen-bond acceptors (Lipinski definition) is 4. The maximum Gasteiger partial charge on any atom is 0.339 e. The molecule has 5 heteroatoms. The average molecular weight is 391 g/mol. The zero-order valence-electron chi connectivity index (χ0n) is 17.4. The van der Waals surface area contributed by atoms with Crippen molar-refractivity contribution in [3.05, 3.63) is 74.2 Å². The highest BCUT2D eigenvalue weighted by atomic mass is 16.5. The lowest BCUT2D eigenvalue weighted by atomic mass is 10.00. The second-order valence-electron chi connectivity index (χ2n) is 7.96. The number of hydrogen-bond donors (Lipinski definition) is 1. The van der Waals surface area contributed by atoms with E-state index in [1.807, 2.05) is 38.1 Å². The number of benzene rings is 1. The van der Waals surface area contributed by atoms with Gasteiger partial charge in [-0.2, -0.15) is 0 Å². The normalized spacial score (nSPS) is 13.0. The molecule has 0 saturated heterocycles. The van der Waals surface area contributed by atoms with Crippen LogP contribution < -0.4 is 5.56 Å². The predicted molar refractivity (Wildman–Crippen MR) is 112 cm³/mol. The molecule has 1 aliphatic carbocycles. The summed E-state index contributed by atoms with van der Waals surface area (Å²) in [6, 6.07) is 7.72. The van der Waals surface area contributed by atoms with Gasteiger partial charge in [-0.1, -0.05) is 41.7 Å². The molecule has 5 nitrogen and oxygen atoms in total. The first-order chi connectivity index (χ1) is 13.6. The van der Waals surface area contributed by atoms with Crippen LogP contribution in [-0.2, 0) is 29.6 Å². The van der Waals surface area contributed by atoms with E-state index in [1.165, 1.54) is 4.57 Å². The zero-order chi connectivity index (χ0) is 21.3. The Balaban J connectivity index is 2.01. The van der Waals surface area contributed by atoms with Crippen molar-refractivity contribution in [2.24, 2.45) is 7.05 Å². The van der Waals surface area contributed by atoms with Crippen LogP contribution in [0.2, 0.25) is 0 Å². The second kappa shape index (κ2) is 7.73. The minimum absolute atomic E-state index is 0.158. The molecule has 0 spiro atoms. The summed E-state index contributed by atoms with van der Waals surface area (Å²) in [5.41, 5.74) is 3.40. The number of carbonyl (C=O) groups is 1. The fourth-order valence-corrected chi connectivity index (χ4v) is 3.39. The van der Waals surface area contributed by atoms with E-state index in [9.17, 15) is 14.7 Å². The van der Waals surface area contributed by atoms with Gasteiger partial charge in [-0.3, -0.25) is 4.79 Å². The number of ether oxygens (including phenoxy) is 1. The van der Waals surface area contributed by atoms with Crippen LogP contribution >= 0.6 is 0 Å². The summed E-state index contributed by atoms with van der Waals surface area (Å²) < 4.78 is 7.05. The Kier molecular flexibility index (Phi) is 5.50. The molecule has 0 amide bonds. The van der Waals surface area contributed by atoms with Crippen molar-refractivity contribution in [2.45, 2.75) is 46.3 Å². The number of aryl methyl sites for hydroxylation is 2. The largest absolute Gasteiger partial charge is 0.457 e. The number of fused-ring (bicyclic) bond motifs is 1. The van der Waals surface area contributed by atoms with Gasteiger partial charge in [0, 0.05) is 36.4 Å². The number of allylic oxidation sites excluding steroid dienone is 1. The van der Waals surface area contributed by atoms with Crippen molar-refractivity contribution in [2.75, 3.05) is 0 Å². The molecule has 0 radical (unpaired) electrons. The molecule has 1 heterocycles. The average Bonchev–Trinajstić information content (AvgIpc) is 2.99. The van der Waals surface area contributed by atoms with Crippen LogP contribution in [-0.4, -0.2) is 21.2 Å². The van der Waals surface area contributed by atoms with Crippen molar-refractivity contribution in [1.82, 2.24) is 4.57 Å².